The summed E-state index contributed by atoms with van der Waals surface area (Å²) in [6.07, 6.45) is 8.55. The summed E-state index contributed by atoms with van der Waals surface area (Å²) in [5, 5.41) is 11.0. The average Bonchev–Trinajstić information content (AvgIpc) is 3.19. The van der Waals surface area contributed by atoms with E-state index in [0.717, 1.165) is 30.3 Å². The SMILES string of the molecule is Cc1nc2c(c(Nc3cc(C4CCCC4)[nH]n3)n1)CCC2. The molecular weight excluding hydrogens is 262 g/mol. The zero-order valence-corrected chi connectivity index (χ0v) is 12.4. The molecule has 0 spiro atoms. The van der Waals surface area contributed by atoms with Crippen LogP contribution < -0.4 is 5.32 Å². The van der Waals surface area contributed by atoms with Gasteiger partial charge in [-0.05, 0) is 39.0 Å². The number of rotatable bonds is 3. The van der Waals surface area contributed by atoms with Crippen molar-refractivity contribution < 1.29 is 0 Å². The minimum atomic E-state index is 0.658. The summed E-state index contributed by atoms with van der Waals surface area (Å²) in [5.41, 5.74) is 3.74. The fraction of sp³-hybridized carbons (Fsp3) is 0.562. The molecule has 1 saturated carbocycles. The molecule has 0 bridgehead atoms. The van der Waals surface area contributed by atoms with Gasteiger partial charge in [0, 0.05) is 28.9 Å². The molecule has 0 saturated heterocycles. The molecular formula is C16H21N5. The molecule has 0 atom stereocenters. The molecule has 0 aromatic carbocycles. The van der Waals surface area contributed by atoms with Gasteiger partial charge in [0.2, 0.25) is 0 Å². The quantitative estimate of drug-likeness (QED) is 0.906. The summed E-state index contributed by atoms with van der Waals surface area (Å²) in [6, 6.07) is 2.15. The van der Waals surface area contributed by atoms with Crippen LogP contribution in [0.25, 0.3) is 0 Å². The first-order chi connectivity index (χ1) is 10.3. The second kappa shape index (κ2) is 5.13. The molecule has 4 rings (SSSR count). The Balaban J connectivity index is 1.59. The number of anilines is 2. The van der Waals surface area contributed by atoms with Gasteiger partial charge in [-0.25, -0.2) is 9.97 Å². The second-order valence-corrected chi connectivity index (χ2v) is 6.21. The molecule has 0 radical (unpaired) electrons. The summed E-state index contributed by atoms with van der Waals surface area (Å²) in [6.45, 7) is 1.96. The van der Waals surface area contributed by atoms with Crippen molar-refractivity contribution in [1.29, 1.82) is 0 Å². The van der Waals surface area contributed by atoms with Crippen molar-refractivity contribution in [1.82, 2.24) is 20.2 Å². The van der Waals surface area contributed by atoms with Gasteiger partial charge in [0.1, 0.15) is 11.6 Å². The van der Waals surface area contributed by atoms with Gasteiger partial charge in [0.15, 0.2) is 5.82 Å². The number of aromatic nitrogens is 4. The fourth-order valence-electron chi connectivity index (χ4n) is 3.63. The number of fused-ring (bicyclic) bond motifs is 1. The Morgan fingerprint density at radius 1 is 1.14 bits per heavy atom. The number of nitrogens with zero attached hydrogens (tertiary/aromatic N) is 3. The maximum atomic E-state index is 4.57. The molecule has 2 N–H and O–H groups in total. The Labute approximate surface area is 124 Å². The average molecular weight is 283 g/mol. The van der Waals surface area contributed by atoms with Gasteiger partial charge >= 0.3 is 0 Å². The number of aromatic amines is 1. The van der Waals surface area contributed by atoms with Gasteiger partial charge in [-0.3, -0.25) is 5.10 Å². The Hall–Kier alpha value is -1.91. The third kappa shape index (κ3) is 2.41. The molecule has 2 aromatic rings. The van der Waals surface area contributed by atoms with Crippen LogP contribution in [0.3, 0.4) is 0 Å². The Bertz CT molecular complexity index is 655. The van der Waals surface area contributed by atoms with Crippen LogP contribution >= 0.6 is 0 Å². The monoisotopic (exact) mass is 283 g/mol. The zero-order chi connectivity index (χ0) is 14.2. The molecule has 21 heavy (non-hydrogen) atoms. The van der Waals surface area contributed by atoms with E-state index in [4.69, 9.17) is 0 Å². The van der Waals surface area contributed by atoms with Crippen molar-refractivity contribution in [2.45, 2.75) is 57.8 Å². The number of nitrogens with one attached hydrogen (secondary N) is 2. The first-order valence-corrected chi connectivity index (χ1v) is 7.98. The van der Waals surface area contributed by atoms with Crippen LogP contribution in [0.4, 0.5) is 11.6 Å². The predicted molar refractivity (Wildman–Crippen MR) is 81.9 cm³/mol. The first kappa shape index (κ1) is 12.8. The van der Waals surface area contributed by atoms with Gasteiger partial charge in [0.05, 0.1) is 0 Å². The van der Waals surface area contributed by atoms with E-state index < -0.39 is 0 Å². The van der Waals surface area contributed by atoms with Crippen molar-refractivity contribution in [2.24, 2.45) is 0 Å². The molecule has 0 amide bonds. The normalized spacial score (nSPS) is 18.1. The molecule has 5 nitrogen and oxygen atoms in total. The van der Waals surface area contributed by atoms with E-state index in [0.29, 0.717) is 5.92 Å². The maximum absolute atomic E-state index is 4.57. The highest BCUT2D eigenvalue weighted by atomic mass is 15.2. The lowest BCUT2D eigenvalue weighted by molar-refractivity contribution is 0.693. The molecule has 5 heteroatoms. The maximum Gasteiger partial charge on any atom is 0.153 e. The Morgan fingerprint density at radius 2 is 2.00 bits per heavy atom. The van der Waals surface area contributed by atoms with E-state index in [-0.39, 0.29) is 0 Å². The van der Waals surface area contributed by atoms with Gasteiger partial charge < -0.3 is 5.32 Å². The summed E-state index contributed by atoms with van der Waals surface area (Å²) in [7, 11) is 0. The third-order valence-electron chi connectivity index (χ3n) is 4.68. The molecule has 0 unspecified atom stereocenters. The molecule has 2 heterocycles. The minimum absolute atomic E-state index is 0.658. The van der Waals surface area contributed by atoms with Crippen LogP contribution in [-0.2, 0) is 12.8 Å². The lowest BCUT2D eigenvalue weighted by Crippen LogP contribution is -2.03. The lowest BCUT2D eigenvalue weighted by atomic mass is 10.0. The van der Waals surface area contributed by atoms with Gasteiger partial charge in [-0.1, -0.05) is 12.8 Å². The Morgan fingerprint density at radius 3 is 2.86 bits per heavy atom. The van der Waals surface area contributed by atoms with Crippen LogP contribution in [-0.4, -0.2) is 20.2 Å². The van der Waals surface area contributed by atoms with Crippen molar-refractivity contribution in [3.63, 3.8) is 0 Å². The highest BCUT2D eigenvalue weighted by Crippen LogP contribution is 2.34. The van der Waals surface area contributed by atoms with E-state index in [1.54, 1.807) is 0 Å². The molecule has 110 valence electrons. The van der Waals surface area contributed by atoms with Gasteiger partial charge in [0.25, 0.3) is 0 Å². The van der Waals surface area contributed by atoms with Crippen LogP contribution in [0.15, 0.2) is 6.07 Å². The van der Waals surface area contributed by atoms with Gasteiger partial charge in [-0.15, -0.1) is 0 Å². The minimum Gasteiger partial charge on any atom is -0.323 e. The zero-order valence-electron chi connectivity index (χ0n) is 12.4. The summed E-state index contributed by atoms with van der Waals surface area (Å²) >= 11 is 0. The smallest absolute Gasteiger partial charge is 0.153 e. The number of H-pyrrole nitrogens is 1. The van der Waals surface area contributed by atoms with E-state index in [9.17, 15) is 0 Å². The predicted octanol–water partition coefficient (Wildman–Crippen LogP) is 3.40. The van der Waals surface area contributed by atoms with E-state index in [1.165, 1.54) is 49.1 Å². The van der Waals surface area contributed by atoms with Crippen LogP contribution in [0.2, 0.25) is 0 Å². The molecule has 1 fully saturated rings. The topological polar surface area (TPSA) is 66.5 Å². The van der Waals surface area contributed by atoms with Crippen LogP contribution in [0.1, 0.15) is 60.8 Å². The summed E-state index contributed by atoms with van der Waals surface area (Å²) < 4.78 is 0. The van der Waals surface area contributed by atoms with E-state index in [2.05, 4.69) is 31.5 Å². The molecule has 0 aliphatic heterocycles. The molecule has 2 aliphatic rings. The molecule has 2 aliphatic carbocycles. The third-order valence-corrected chi connectivity index (χ3v) is 4.68. The highest BCUT2D eigenvalue weighted by molar-refractivity contribution is 5.58. The largest absolute Gasteiger partial charge is 0.323 e. The lowest BCUT2D eigenvalue weighted by Gasteiger charge is -2.08. The number of aryl methyl sites for hydroxylation is 2. The summed E-state index contributed by atoms with van der Waals surface area (Å²) in [4.78, 5) is 9.12. The van der Waals surface area contributed by atoms with Crippen LogP contribution in [0.5, 0.6) is 0 Å². The van der Waals surface area contributed by atoms with Crippen molar-refractivity contribution in [3.8, 4) is 0 Å². The van der Waals surface area contributed by atoms with Crippen molar-refractivity contribution in [3.05, 3.63) is 28.8 Å². The van der Waals surface area contributed by atoms with Gasteiger partial charge in [-0.2, -0.15) is 5.10 Å². The van der Waals surface area contributed by atoms with E-state index in [1.807, 2.05) is 6.92 Å². The number of hydrogen-bond acceptors (Lipinski definition) is 4. The second-order valence-electron chi connectivity index (χ2n) is 6.21. The highest BCUT2D eigenvalue weighted by Gasteiger charge is 2.21. The van der Waals surface area contributed by atoms with E-state index >= 15 is 0 Å². The fourth-order valence-corrected chi connectivity index (χ4v) is 3.63. The van der Waals surface area contributed by atoms with Crippen LogP contribution in [0, 0.1) is 6.92 Å². The van der Waals surface area contributed by atoms with Crippen molar-refractivity contribution >= 4 is 11.6 Å². The standard InChI is InChI=1S/C16H21N5/c1-10-17-13-8-4-7-12(13)16(18-10)19-15-9-14(20-21-15)11-5-2-3-6-11/h9,11H,2-8H2,1H3,(H2,17,18,19,20,21). The van der Waals surface area contributed by atoms with Crippen molar-refractivity contribution in [2.75, 3.05) is 5.32 Å². The first-order valence-electron chi connectivity index (χ1n) is 7.98. The number of hydrogen-bond donors (Lipinski definition) is 2. The Kier molecular flexibility index (Phi) is 3.13. The summed E-state index contributed by atoms with van der Waals surface area (Å²) in [5.74, 6) is 3.32. The molecule has 2 aromatic heterocycles.